The number of rotatable bonds is 14. The highest BCUT2D eigenvalue weighted by atomic mass is 32.2. The van der Waals surface area contributed by atoms with E-state index in [1.54, 1.807) is 38.1 Å². The number of hydrogen-bond acceptors (Lipinski definition) is 18. The molecule has 7 N–H and O–H groups in total. The summed E-state index contributed by atoms with van der Waals surface area (Å²) < 4.78 is 109. The third kappa shape index (κ3) is 10.5. The Morgan fingerprint density at radius 3 is 2.07 bits per heavy atom. The summed E-state index contributed by atoms with van der Waals surface area (Å²) in [5, 5.41) is 44.5. The van der Waals surface area contributed by atoms with Gasteiger partial charge in [-0.15, -0.1) is 15.3 Å². The second kappa shape index (κ2) is 19.2. The molecule has 1 atom stereocenters. The van der Waals surface area contributed by atoms with Crippen LogP contribution < -0.4 is 20.8 Å². The fraction of sp³-hybridized carbons (Fsp3) is 0.0889. The van der Waals surface area contributed by atoms with Crippen molar-refractivity contribution in [1.82, 2.24) is 0 Å². The molecule has 362 valence electrons. The van der Waals surface area contributed by atoms with Gasteiger partial charge in [0.2, 0.25) is 0 Å². The maximum atomic E-state index is 13.3. The molecule has 8 rings (SSSR count). The number of phenolic OH excluding ortho intramolecular Hbond substituents is 1. The summed E-state index contributed by atoms with van der Waals surface area (Å²) in [6.45, 7) is 3.26. The lowest BCUT2D eigenvalue weighted by atomic mass is 10.1. The van der Waals surface area contributed by atoms with Crippen molar-refractivity contribution in [3.8, 4) is 11.5 Å². The number of hydrogen-bond donors (Lipinski definition) is 6. The van der Waals surface area contributed by atoms with E-state index in [-0.39, 0.29) is 73.8 Å². The van der Waals surface area contributed by atoms with Gasteiger partial charge in [-0.05, 0) is 110 Å². The van der Waals surface area contributed by atoms with Crippen LogP contribution in [0.2, 0.25) is 0 Å². The van der Waals surface area contributed by atoms with Crippen LogP contribution in [0.1, 0.15) is 24.2 Å². The van der Waals surface area contributed by atoms with Crippen LogP contribution in [0, 0.1) is 0 Å². The van der Waals surface area contributed by atoms with Crippen LogP contribution in [-0.4, -0.2) is 74.2 Å². The molecule has 0 bridgehead atoms. The van der Waals surface area contributed by atoms with Gasteiger partial charge in [0.25, 0.3) is 42.2 Å². The van der Waals surface area contributed by atoms with E-state index in [1.165, 1.54) is 65.7 Å². The molecule has 23 nitrogen and oxygen atoms in total. The molecule has 71 heavy (non-hydrogen) atoms. The van der Waals surface area contributed by atoms with E-state index < -0.39 is 68.4 Å². The molecule has 1 aliphatic rings. The molecule has 0 fully saturated rings. The van der Waals surface area contributed by atoms with Crippen LogP contribution in [0.3, 0.4) is 0 Å². The second-order valence-corrected chi connectivity index (χ2v) is 19.5. The average Bonchev–Trinajstić information content (AvgIpc) is 3.61. The monoisotopic (exact) mass is 1020 g/mol. The number of aromatic hydroxyl groups is 1. The highest BCUT2D eigenvalue weighted by Gasteiger charge is 2.35. The van der Waals surface area contributed by atoms with Crippen molar-refractivity contribution in [2.24, 2.45) is 35.8 Å². The number of azo groups is 3. The Morgan fingerprint density at radius 1 is 0.718 bits per heavy atom. The Bertz CT molecular complexity index is 3820. The lowest BCUT2D eigenvalue weighted by Crippen LogP contribution is -2.29. The summed E-state index contributed by atoms with van der Waals surface area (Å²) in [7, 11) is -14.8. The van der Waals surface area contributed by atoms with E-state index in [0.717, 1.165) is 30.3 Å². The van der Waals surface area contributed by atoms with Crippen molar-refractivity contribution in [1.29, 1.82) is 0 Å². The van der Waals surface area contributed by atoms with Crippen LogP contribution in [-0.2, 0) is 35.1 Å². The third-order valence-electron chi connectivity index (χ3n) is 10.5. The van der Waals surface area contributed by atoms with Crippen LogP contribution in [0.4, 0.5) is 45.5 Å². The highest BCUT2D eigenvalue weighted by Crippen LogP contribution is 2.47. The van der Waals surface area contributed by atoms with Crippen molar-refractivity contribution in [3.63, 3.8) is 0 Å². The maximum absolute atomic E-state index is 13.3. The van der Waals surface area contributed by atoms with Crippen molar-refractivity contribution in [2.45, 2.75) is 34.6 Å². The van der Waals surface area contributed by atoms with Crippen LogP contribution in [0.15, 0.2) is 172 Å². The number of carbonyl (C=O) groups is 2. The van der Waals surface area contributed by atoms with E-state index in [1.807, 2.05) is 6.07 Å². The zero-order valence-corrected chi connectivity index (χ0v) is 39.1. The number of nitrogens with one attached hydrogen (secondary N) is 1. The number of benzene rings is 7. The summed E-state index contributed by atoms with van der Waals surface area (Å²) in [5.74, 6) is -1.82. The Labute approximate surface area is 403 Å². The molecule has 0 saturated carbocycles. The zero-order valence-electron chi connectivity index (χ0n) is 36.7. The number of nitrogen functional groups attached to an aromatic ring is 1. The van der Waals surface area contributed by atoms with Crippen LogP contribution in [0.25, 0.3) is 21.5 Å². The van der Waals surface area contributed by atoms with Gasteiger partial charge in [0.1, 0.15) is 26.9 Å². The Kier molecular flexibility index (Phi) is 13.2. The second-order valence-electron chi connectivity index (χ2n) is 15.3. The smallest absolute Gasteiger partial charge is 0.296 e. The molecule has 7 aromatic rings. The number of nitrogens with zero attached hydrogens (tertiary/aromatic N) is 8. The lowest BCUT2D eigenvalue weighted by molar-refractivity contribution is -0.117. The first-order valence-electron chi connectivity index (χ1n) is 20.6. The number of para-hydroxylation sites is 1. The molecule has 0 radical (unpaired) electrons. The summed E-state index contributed by atoms with van der Waals surface area (Å²) >= 11 is 0. The minimum absolute atomic E-state index is 0.00848. The summed E-state index contributed by atoms with van der Waals surface area (Å²) in [5.41, 5.74) is 5.98. The first-order valence-corrected chi connectivity index (χ1v) is 24.9. The predicted octanol–water partition coefficient (Wildman–Crippen LogP) is 9.38. The highest BCUT2D eigenvalue weighted by molar-refractivity contribution is 7.86. The number of phenols is 1. The van der Waals surface area contributed by atoms with E-state index >= 15 is 0 Å². The van der Waals surface area contributed by atoms with Gasteiger partial charge in [-0.1, -0.05) is 24.3 Å². The van der Waals surface area contributed by atoms with Gasteiger partial charge in [0, 0.05) is 33.5 Å². The van der Waals surface area contributed by atoms with Crippen molar-refractivity contribution >= 4 is 115 Å². The third-order valence-corrected chi connectivity index (χ3v) is 13.1. The van der Waals surface area contributed by atoms with Gasteiger partial charge in [0.15, 0.2) is 11.8 Å². The van der Waals surface area contributed by atoms with Crippen LogP contribution >= 0.6 is 0 Å². The summed E-state index contributed by atoms with van der Waals surface area (Å²) in [6.07, 6.45) is 0. The van der Waals surface area contributed by atoms with Crippen LogP contribution in [0.5, 0.6) is 11.5 Å². The zero-order chi connectivity index (χ0) is 51.0. The first-order chi connectivity index (χ1) is 33.6. The SMILES string of the molecule is CCOc1cc(N=Nc2ccc(N)c(S(=O)(=O)O)c2)c2cc(S(=O)(=O)O)ccc2c1N=Nc1c(S(=O)(=O)O)cc2cc(NC(=O)c3ccc(N=NC4C(=O)N(c5ccccc5)N=C4C)cc3)ccc2c1O. The number of ether oxygens (including phenoxy) is 1. The molecule has 0 aliphatic carbocycles. The fourth-order valence-corrected chi connectivity index (χ4v) is 8.95. The lowest BCUT2D eigenvalue weighted by Gasteiger charge is -2.13. The van der Waals surface area contributed by atoms with Gasteiger partial charge in [-0.25, -0.2) is 0 Å². The van der Waals surface area contributed by atoms with Gasteiger partial charge >= 0.3 is 0 Å². The van der Waals surface area contributed by atoms with Crippen molar-refractivity contribution < 1.29 is 58.3 Å². The average molecular weight is 1020 g/mol. The molecule has 26 heteroatoms. The van der Waals surface area contributed by atoms with Gasteiger partial charge in [-0.3, -0.25) is 23.2 Å². The molecule has 1 aliphatic heterocycles. The minimum atomic E-state index is -5.17. The van der Waals surface area contributed by atoms with E-state index in [9.17, 15) is 53.6 Å². The van der Waals surface area contributed by atoms with E-state index in [4.69, 9.17) is 10.5 Å². The molecule has 1 heterocycles. The largest absolute Gasteiger partial charge is 0.505 e. The van der Waals surface area contributed by atoms with Crippen molar-refractivity contribution in [3.05, 3.63) is 127 Å². The Hall–Kier alpha value is -8.40. The Balaban J connectivity index is 1.09. The summed E-state index contributed by atoms with van der Waals surface area (Å²) in [6, 6.07) is 26.8. The number of anilines is 3. The molecular formula is C45H36N10O13S3. The quantitative estimate of drug-likeness (QED) is 0.0336. The molecule has 1 unspecified atom stereocenters. The molecule has 0 saturated heterocycles. The summed E-state index contributed by atoms with van der Waals surface area (Å²) in [4.78, 5) is 24.2. The molecule has 2 amide bonds. The number of carbonyl (C=O) groups excluding carboxylic acids is 2. The van der Waals surface area contributed by atoms with Gasteiger partial charge in [-0.2, -0.15) is 50.7 Å². The normalized spacial score (nSPS) is 14.6. The van der Waals surface area contributed by atoms with Gasteiger partial charge < -0.3 is 20.9 Å². The number of nitrogens with two attached hydrogens (primary N) is 1. The van der Waals surface area contributed by atoms with Gasteiger partial charge in [0.05, 0.1) is 45.7 Å². The topological polar surface area (TPSA) is 355 Å². The molecule has 0 spiro atoms. The first kappa shape index (κ1) is 49.0. The van der Waals surface area contributed by atoms with E-state index in [0.29, 0.717) is 17.1 Å². The molecule has 7 aromatic carbocycles. The maximum Gasteiger partial charge on any atom is 0.296 e. The molecular weight excluding hydrogens is 985 g/mol. The number of amides is 2. The number of hydrazone groups is 1. The number of fused-ring (bicyclic) bond motifs is 2. The Morgan fingerprint density at radius 2 is 1.39 bits per heavy atom. The fourth-order valence-electron chi connectivity index (χ4n) is 7.15. The predicted molar refractivity (Wildman–Crippen MR) is 259 cm³/mol. The standard InChI is InChI=1S/C45H36N10O13S3/c1-3-68-37-23-36(50-49-29-14-18-35(46)38(21-29)70(62,63)64)34-22-31(69(59,60)61)15-17-33(34)41(37)52-53-42-39(71(65,66)67)20-26-19-28(13-16-32(26)43(42)56)47-44(57)25-9-11-27(12-10-25)48-51-40-24(2)54-55(45(40)58)30-7-5-4-6-8-30/h4-23,40,56H,3,46H2,1-2H3,(H,47,57)(H,59,60,61)(H,62,63,64)(H,65,66,67). The minimum Gasteiger partial charge on any atom is -0.505 e. The molecule has 0 aromatic heterocycles. The van der Waals surface area contributed by atoms with Crippen molar-refractivity contribution in [2.75, 3.05) is 22.7 Å². The van der Waals surface area contributed by atoms with E-state index in [2.05, 4.69) is 41.1 Å².